The molecule has 190 valence electrons. The first-order chi connectivity index (χ1) is 18.5. The van der Waals surface area contributed by atoms with Crippen molar-refractivity contribution in [3.05, 3.63) is 101 Å². The highest BCUT2D eigenvalue weighted by molar-refractivity contribution is 5.94. The number of aromatic nitrogens is 1. The fourth-order valence-corrected chi connectivity index (χ4v) is 5.13. The topological polar surface area (TPSA) is 102 Å². The third-order valence-electron chi connectivity index (χ3n) is 6.96. The van der Waals surface area contributed by atoms with E-state index in [1.165, 1.54) is 18.1 Å². The Balaban J connectivity index is 1.25. The smallest absolute Gasteiger partial charge is 0.336 e. The van der Waals surface area contributed by atoms with Gasteiger partial charge in [0.05, 0.1) is 13.7 Å². The molecule has 3 aromatic carbocycles. The van der Waals surface area contributed by atoms with E-state index in [1.807, 2.05) is 54.6 Å². The molecule has 3 heterocycles. The van der Waals surface area contributed by atoms with Crippen molar-refractivity contribution in [1.82, 2.24) is 9.88 Å². The van der Waals surface area contributed by atoms with Gasteiger partial charge in [0, 0.05) is 40.5 Å². The van der Waals surface area contributed by atoms with Crippen LogP contribution in [0.3, 0.4) is 0 Å². The molecule has 0 aliphatic carbocycles. The number of fused-ring (bicyclic) bond motifs is 4. The van der Waals surface area contributed by atoms with Crippen molar-refractivity contribution < 1.29 is 23.5 Å². The van der Waals surface area contributed by atoms with Crippen molar-refractivity contribution in [3.8, 4) is 16.9 Å². The zero-order valence-corrected chi connectivity index (χ0v) is 20.6. The van der Waals surface area contributed by atoms with Gasteiger partial charge in [0.25, 0.3) is 5.91 Å². The van der Waals surface area contributed by atoms with E-state index in [0.717, 1.165) is 38.7 Å². The first kappa shape index (κ1) is 23.5. The average Bonchev–Trinajstić information content (AvgIpc) is 3.32. The Morgan fingerprint density at radius 2 is 1.79 bits per heavy atom. The van der Waals surface area contributed by atoms with Crippen LogP contribution in [0, 0.1) is 0 Å². The van der Waals surface area contributed by atoms with E-state index in [2.05, 4.69) is 4.98 Å². The zero-order valence-electron chi connectivity index (χ0n) is 20.6. The van der Waals surface area contributed by atoms with E-state index in [-0.39, 0.29) is 19.1 Å². The summed E-state index contributed by atoms with van der Waals surface area (Å²) >= 11 is 0. The van der Waals surface area contributed by atoms with Gasteiger partial charge in [-0.2, -0.15) is 0 Å². The zero-order chi connectivity index (χ0) is 26.2. The van der Waals surface area contributed by atoms with Crippen molar-refractivity contribution in [3.63, 3.8) is 0 Å². The van der Waals surface area contributed by atoms with Crippen molar-refractivity contribution in [1.29, 1.82) is 0 Å². The van der Waals surface area contributed by atoms with E-state index < -0.39 is 17.6 Å². The molecule has 1 aliphatic rings. The van der Waals surface area contributed by atoms with Crippen molar-refractivity contribution in [2.75, 3.05) is 13.7 Å². The van der Waals surface area contributed by atoms with Crippen LogP contribution in [0.25, 0.3) is 33.0 Å². The van der Waals surface area contributed by atoms with Gasteiger partial charge < -0.3 is 23.8 Å². The molecule has 1 N–H and O–H groups in total. The van der Waals surface area contributed by atoms with Gasteiger partial charge in [-0.25, -0.2) is 9.59 Å². The summed E-state index contributed by atoms with van der Waals surface area (Å²) in [5.41, 5.74) is 4.38. The summed E-state index contributed by atoms with van der Waals surface area (Å²) in [5.74, 6) is -0.461. The van der Waals surface area contributed by atoms with Crippen molar-refractivity contribution in [2.45, 2.75) is 19.0 Å². The van der Waals surface area contributed by atoms with Crippen LogP contribution in [0.2, 0.25) is 0 Å². The second kappa shape index (κ2) is 9.55. The minimum atomic E-state index is -0.758. The number of nitrogens with one attached hydrogen (secondary N) is 1. The number of methoxy groups -OCH3 is 1. The molecule has 6 rings (SSSR count). The lowest BCUT2D eigenvalue weighted by atomic mass is 9.96. The highest BCUT2D eigenvalue weighted by Crippen LogP contribution is 2.32. The number of hydrogen-bond acceptors (Lipinski definition) is 6. The summed E-state index contributed by atoms with van der Waals surface area (Å²) in [6.45, 7) is -0.0593. The molecule has 1 amide bonds. The maximum absolute atomic E-state index is 13.3. The number of para-hydroxylation sites is 1. The van der Waals surface area contributed by atoms with Gasteiger partial charge in [0.1, 0.15) is 17.4 Å². The molecule has 0 radical (unpaired) electrons. The number of nitrogens with zero attached hydrogens (tertiary/aromatic N) is 1. The number of rotatable bonds is 5. The summed E-state index contributed by atoms with van der Waals surface area (Å²) in [7, 11) is 1.32. The molecule has 1 unspecified atom stereocenters. The number of carbonyl (C=O) groups excluding carboxylic acids is 2. The third kappa shape index (κ3) is 4.20. The van der Waals surface area contributed by atoms with Crippen LogP contribution < -0.4 is 10.4 Å². The van der Waals surface area contributed by atoms with Crippen LogP contribution in [0.1, 0.15) is 11.3 Å². The number of ether oxygens (including phenoxy) is 2. The van der Waals surface area contributed by atoms with Crippen LogP contribution in [0.5, 0.6) is 5.75 Å². The van der Waals surface area contributed by atoms with E-state index >= 15 is 0 Å². The molecular weight excluding hydrogens is 484 g/mol. The minimum Gasteiger partial charge on any atom is -0.484 e. The second-order valence-electron chi connectivity index (χ2n) is 9.18. The maximum Gasteiger partial charge on any atom is 0.336 e. The molecular formula is C30H24N2O6. The summed E-state index contributed by atoms with van der Waals surface area (Å²) in [6, 6.07) is 23.2. The molecule has 0 saturated carbocycles. The van der Waals surface area contributed by atoms with Gasteiger partial charge >= 0.3 is 11.6 Å². The Morgan fingerprint density at radius 1 is 1.00 bits per heavy atom. The molecule has 8 heteroatoms. The molecule has 0 saturated heterocycles. The highest BCUT2D eigenvalue weighted by Gasteiger charge is 2.37. The Hall–Kier alpha value is -4.85. The van der Waals surface area contributed by atoms with Crippen LogP contribution in [0.15, 0.2) is 88.1 Å². The number of carbonyl (C=O) groups is 2. The highest BCUT2D eigenvalue weighted by atomic mass is 16.5. The van der Waals surface area contributed by atoms with Gasteiger partial charge in [-0.3, -0.25) is 4.79 Å². The molecule has 2 aromatic heterocycles. The van der Waals surface area contributed by atoms with Crippen molar-refractivity contribution in [2.24, 2.45) is 0 Å². The third-order valence-corrected chi connectivity index (χ3v) is 6.96. The fourth-order valence-electron chi connectivity index (χ4n) is 5.13. The predicted octanol–water partition coefficient (Wildman–Crippen LogP) is 4.45. The Kier molecular flexibility index (Phi) is 5.92. The van der Waals surface area contributed by atoms with Crippen LogP contribution in [0.4, 0.5) is 0 Å². The van der Waals surface area contributed by atoms with Crippen LogP contribution >= 0.6 is 0 Å². The average molecular weight is 509 g/mol. The number of amides is 1. The predicted molar refractivity (Wildman–Crippen MR) is 142 cm³/mol. The Bertz CT molecular complexity index is 1740. The maximum atomic E-state index is 13.3. The fraction of sp³-hybridized carbons (Fsp3) is 0.167. The lowest BCUT2D eigenvalue weighted by Gasteiger charge is -2.33. The quantitative estimate of drug-likeness (QED) is 0.278. The van der Waals surface area contributed by atoms with Gasteiger partial charge in [-0.05, 0) is 34.9 Å². The van der Waals surface area contributed by atoms with E-state index in [1.54, 1.807) is 18.2 Å². The van der Waals surface area contributed by atoms with E-state index in [4.69, 9.17) is 13.9 Å². The molecule has 0 spiro atoms. The SMILES string of the molecule is COC(=O)C1Cc2c([nH]c3ccccc23)CN1C(=O)COc1ccc2c(-c3ccccc3)cc(=O)oc2c1. The minimum absolute atomic E-state index is 0.235. The van der Waals surface area contributed by atoms with Crippen LogP contribution in [-0.2, 0) is 27.3 Å². The molecule has 5 aromatic rings. The number of hydrogen-bond donors (Lipinski definition) is 1. The Labute approximate surface area is 217 Å². The van der Waals surface area contributed by atoms with Crippen molar-refractivity contribution >= 4 is 33.7 Å². The van der Waals surface area contributed by atoms with Crippen LogP contribution in [-0.4, -0.2) is 41.5 Å². The van der Waals surface area contributed by atoms with Gasteiger partial charge in [-0.1, -0.05) is 48.5 Å². The largest absolute Gasteiger partial charge is 0.484 e. The standard InChI is InChI=1S/C30H24N2O6/c1-36-30(35)26-14-23-20-9-5-6-10-24(20)31-25(23)16-32(26)28(33)17-37-19-11-12-21-22(18-7-3-2-4-8-18)15-29(34)38-27(21)13-19/h2-13,15,26,31H,14,16-17H2,1H3. The van der Waals surface area contributed by atoms with E-state index in [0.29, 0.717) is 17.8 Å². The second-order valence-corrected chi connectivity index (χ2v) is 9.18. The first-order valence-corrected chi connectivity index (χ1v) is 12.2. The number of esters is 1. The number of H-pyrrole nitrogens is 1. The number of aromatic amines is 1. The normalized spacial score (nSPS) is 14.9. The number of benzene rings is 3. The molecule has 38 heavy (non-hydrogen) atoms. The van der Waals surface area contributed by atoms with Gasteiger partial charge in [0.2, 0.25) is 0 Å². The summed E-state index contributed by atoms with van der Waals surface area (Å²) < 4.78 is 16.2. The first-order valence-electron chi connectivity index (χ1n) is 12.2. The Morgan fingerprint density at radius 3 is 2.61 bits per heavy atom. The van der Waals surface area contributed by atoms with Gasteiger partial charge in [0.15, 0.2) is 6.61 Å². The molecule has 0 bridgehead atoms. The monoisotopic (exact) mass is 508 g/mol. The van der Waals surface area contributed by atoms with Gasteiger partial charge in [-0.15, -0.1) is 0 Å². The molecule has 8 nitrogen and oxygen atoms in total. The van der Waals surface area contributed by atoms with E-state index in [9.17, 15) is 14.4 Å². The lowest BCUT2D eigenvalue weighted by molar-refractivity contribution is -0.154. The summed E-state index contributed by atoms with van der Waals surface area (Å²) in [6.07, 6.45) is 0.348. The molecule has 0 fully saturated rings. The lowest BCUT2D eigenvalue weighted by Crippen LogP contribution is -2.50. The molecule has 1 aliphatic heterocycles. The summed E-state index contributed by atoms with van der Waals surface area (Å²) in [5, 5.41) is 1.79. The molecule has 1 atom stereocenters. The summed E-state index contributed by atoms with van der Waals surface area (Å²) in [4.78, 5) is 43.0.